The molecule has 0 atom stereocenters. The van der Waals surface area contributed by atoms with Crippen molar-refractivity contribution >= 4 is 38.3 Å². The molecule has 1 aromatic heterocycles. The number of aromatic hydroxyl groups is 1. The highest BCUT2D eigenvalue weighted by Crippen LogP contribution is 2.23. The summed E-state index contributed by atoms with van der Waals surface area (Å²) in [6.07, 6.45) is 3.02. The number of nitrogens with one attached hydrogen (secondary N) is 1. The Hall–Kier alpha value is -3.71. The van der Waals surface area contributed by atoms with Crippen LogP contribution >= 0.6 is 0 Å². The highest BCUT2D eigenvalue weighted by atomic mass is 32.2. The predicted octanol–water partition coefficient (Wildman–Crippen LogP) is 4.66. The van der Waals surface area contributed by atoms with Gasteiger partial charge in [0.2, 0.25) is 0 Å². The molecule has 0 aliphatic heterocycles. The van der Waals surface area contributed by atoms with Gasteiger partial charge >= 0.3 is 0 Å². The van der Waals surface area contributed by atoms with Crippen LogP contribution in [0.15, 0.2) is 84.5 Å². The molecule has 4 rings (SSSR count). The molecule has 4 aromatic rings. The second-order valence-electron chi connectivity index (χ2n) is 6.76. The molecule has 0 aliphatic rings. The van der Waals surface area contributed by atoms with Crippen LogP contribution in [-0.4, -0.2) is 23.5 Å². The fraction of sp³-hybridized carbons (Fsp3) is 0.0435. The lowest BCUT2D eigenvalue weighted by atomic mass is 10.2. The summed E-state index contributed by atoms with van der Waals surface area (Å²) in [4.78, 5) is 8.54. The molecule has 30 heavy (non-hydrogen) atoms. The number of nitrogens with zero attached hydrogens (tertiary/aromatic N) is 2. The third kappa shape index (κ3) is 4.82. The monoisotopic (exact) mass is 417 g/mol. The fourth-order valence-electron chi connectivity index (χ4n) is 2.97. The highest BCUT2D eigenvalue weighted by molar-refractivity contribution is 7.93. The van der Waals surface area contributed by atoms with Crippen molar-refractivity contribution in [1.82, 2.24) is 9.97 Å². The van der Waals surface area contributed by atoms with Gasteiger partial charge in [-0.25, -0.2) is 18.4 Å². The normalized spacial score (nSPS) is 11.7. The first kappa shape index (κ1) is 19.6. The summed E-state index contributed by atoms with van der Waals surface area (Å²) in [6.45, 7) is 0. The van der Waals surface area contributed by atoms with Crippen LogP contribution in [0.3, 0.4) is 0 Å². The Morgan fingerprint density at radius 1 is 0.900 bits per heavy atom. The number of hydrogen-bond donors (Lipinski definition) is 2. The molecule has 0 unspecified atom stereocenters. The molecule has 1 heterocycles. The Kier molecular flexibility index (Phi) is 5.45. The van der Waals surface area contributed by atoms with Crippen LogP contribution in [-0.2, 0) is 15.6 Å². The molecule has 0 saturated carbocycles. The third-order valence-corrected chi connectivity index (χ3v) is 5.77. The number of fused-ring (bicyclic) bond motifs is 1. The first-order valence-corrected chi connectivity index (χ1v) is 11.0. The van der Waals surface area contributed by atoms with Crippen molar-refractivity contribution in [3.8, 4) is 5.75 Å². The van der Waals surface area contributed by atoms with Crippen LogP contribution < -0.4 is 5.32 Å². The minimum atomic E-state index is -3.43. The lowest BCUT2D eigenvalue weighted by Crippen LogP contribution is -2.00. The van der Waals surface area contributed by atoms with E-state index in [-0.39, 0.29) is 11.5 Å². The van der Waals surface area contributed by atoms with E-state index in [1.54, 1.807) is 24.3 Å². The summed E-state index contributed by atoms with van der Waals surface area (Å²) in [5, 5.41) is 14.6. The molecule has 0 saturated heterocycles. The Labute approximate surface area is 174 Å². The number of hydrogen-bond acceptors (Lipinski definition) is 6. The van der Waals surface area contributed by atoms with Crippen LogP contribution in [0.5, 0.6) is 5.75 Å². The molecule has 3 aromatic carbocycles. The zero-order valence-electron chi connectivity index (χ0n) is 15.9. The van der Waals surface area contributed by atoms with E-state index < -0.39 is 9.84 Å². The quantitative estimate of drug-likeness (QED) is 0.474. The van der Waals surface area contributed by atoms with Gasteiger partial charge < -0.3 is 10.4 Å². The van der Waals surface area contributed by atoms with Gasteiger partial charge in [0.25, 0.3) is 0 Å². The van der Waals surface area contributed by atoms with Crippen molar-refractivity contribution in [3.05, 3.63) is 95.7 Å². The molecule has 0 aliphatic carbocycles. The van der Waals surface area contributed by atoms with E-state index in [9.17, 15) is 13.5 Å². The average molecular weight is 417 g/mol. The topological polar surface area (TPSA) is 92.2 Å². The first-order valence-electron chi connectivity index (χ1n) is 9.24. The Balaban J connectivity index is 1.46. The molecule has 0 spiro atoms. The second kappa shape index (κ2) is 8.34. The molecule has 0 radical (unpaired) electrons. The predicted molar refractivity (Wildman–Crippen MR) is 119 cm³/mol. The van der Waals surface area contributed by atoms with E-state index in [4.69, 9.17) is 0 Å². The molecule has 2 N–H and O–H groups in total. The average Bonchev–Trinajstić information content (AvgIpc) is 2.75. The van der Waals surface area contributed by atoms with Crippen molar-refractivity contribution in [2.45, 2.75) is 5.75 Å². The van der Waals surface area contributed by atoms with E-state index >= 15 is 0 Å². The zero-order valence-corrected chi connectivity index (χ0v) is 16.8. The van der Waals surface area contributed by atoms with Gasteiger partial charge in [-0.05, 0) is 53.6 Å². The molecular weight excluding hydrogens is 398 g/mol. The van der Waals surface area contributed by atoms with Crippen LogP contribution in [0.25, 0.3) is 17.0 Å². The summed E-state index contributed by atoms with van der Waals surface area (Å²) >= 11 is 0. The standard InChI is InChI=1S/C23H19N3O3S/c27-20-11-7-17(8-12-20)13-14-30(28,29)15-18-5-9-19(10-6-18)26-23-21-3-1-2-4-22(21)24-16-25-23/h1-14,16,27H,15H2,(H,24,25,26)/b14-13+. The fourth-order valence-corrected chi connectivity index (χ4v) is 4.09. The van der Waals surface area contributed by atoms with Gasteiger partial charge in [0.1, 0.15) is 17.9 Å². The van der Waals surface area contributed by atoms with Gasteiger partial charge in [-0.3, -0.25) is 0 Å². The lowest BCUT2D eigenvalue weighted by molar-refractivity contribution is 0.475. The van der Waals surface area contributed by atoms with E-state index in [2.05, 4.69) is 15.3 Å². The maximum absolute atomic E-state index is 12.4. The number of benzene rings is 3. The molecular formula is C23H19N3O3S. The zero-order chi connectivity index (χ0) is 21.0. The molecule has 0 bridgehead atoms. The van der Waals surface area contributed by atoms with Crippen molar-refractivity contribution in [2.24, 2.45) is 0 Å². The summed E-state index contributed by atoms with van der Waals surface area (Å²) < 4.78 is 24.8. The Morgan fingerprint density at radius 2 is 1.63 bits per heavy atom. The lowest BCUT2D eigenvalue weighted by Gasteiger charge is -2.09. The van der Waals surface area contributed by atoms with Gasteiger partial charge in [0.15, 0.2) is 9.84 Å². The number of aromatic nitrogens is 2. The van der Waals surface area contributed by atoms with Crippen molar-refractivity contribution in [2.75, 3.05) is 5.32 Å². The third-order valence-electron chi connectivity index (χ3n) is 4.49. The number of anilines is 2. The minimum Gasteiger partial charge on any atom is -0.508 e. The van der Waals surface area contributed by atoms with Crippen LogP contribution in [0.2, 0.25) is 0 Å². The largest absolute Gasteiger partial charge is 0.508 e. The van der Waals surface area contributed by atoms with Crippen LogP contribution in [0, 0.1) is 0 Å². The van der Waals surface area contributed by atoms with E-state index in [0.717, 1.165) is 16.6 Å². The SMILES string of the molecule is O=S(=O)(/C=C/c1ccc(O)cc1)Cc1ccc(Nc2ncnc3ccccc23)cc1. The van der Waals surface area contributed by atoms with Crippen molar-refractivity contribution in [1.29, 1.82) is 0 Å². The van der Waals surface area contributed by atoms with Gasteiger partial charge in [-0.15, -0.1) is 0 Å². The Morgan fingerprint density at radius 3 is 2.40 bits per heavy atom. The van der Waals surface area contributed by atoms with Crippen molar-refractivity contribution < 1.29 is 13.5 Å². The summed E-state index contributed by atoms with van der Waals surface area (Å²) in [6, 6.07) is 21.2. The first-order chi connectivity index (χ1) is 14.5. The minimum absolute atomic E-state index is 0.0989. The molecule has 0 fully saturated rings. The maximum Gasteiger partial charge on any atom is 0.175 e. The molecule has 6 nitrogen and oxygen atoms in total. The van der Waals surface area contributed by atoms with Gasteiger partial charge in [-0.1, -0.05) is 36.4 Å². The summed E-state index contributed by atoms with van der Waals surface area (Å²) in [5.41, 5.74) is 3.04. The smallest absolute Gasteiger partial charge is 0.175 e. The highest BCUT2D eigenvalue weighted by Gasteiger charge is 2.09. The van der Waals surface area contributed by atoms with Gasteiger partial charge in [0.05, 0.1) is 11.3 Å². The van der Waals surface area contributed by atoms with Crippen LogP contribution in [0.1, 0.15) is 11.1 Å². The summed E-state index contributed by atoms with van der Waals surface area (Å²) in [7, 11) is -3.43. The number of phenolic OH excluding ortho intramolecular Hbond substituents is 1. The molecule has 150 valence electrons. The second-order valence-corrected chi connectivity index (χ2v) is 8.65. The molecule has 0 amide bonds. The number of rotatable bonds is 6. The Bertz CT molecular complexity index is 1290. The maximum atomic E-state index is 12.4. The number of para-hydroxylation sites is 1. The summed E-state index contributed by atoms with van der Waals surface area (Å²) in [5.74, 6) is 0.731. The van der Waals surface area contributed by atoms with Crippen LogP contribution in [0.4, 0.5) is 11.5 Å². The van der Waals surface area contributed by atoms with Gasteiger partial charge in [0, 0.05) is 16.5 Å². The van der Waals surface area contributed by atoms with Gasteiger partial charge in [-0.2, -0.15) is 0 Å². The van der Waals surface area contributed by atoms with E-state index in [1.165, 1.54) is 29.9 Å². The molecule has 7 heteroatoms. The van der Waals surface area contributed by atoms with Crippen molar-refractivity contribution in [3.63, 3.8) is 0 Å². The number of sulfone groups is 1. The number of phenols is 1. The van der Waals surface area contributed by atoms with E-state index in [1.807, 2.05) is 36.4 Å². The van der Waals surface area contributed by atoms with E-state index in [0.29, 0.717) is 16.9 Å².